The number of amides is 1. The Bertz CT molecular complexity index is 458. The third kappa shape index (κ3) is 4.71. The van der Waals surface area contributed by atoms with Crippen molar-refractivity contribution in [2.45, 2.75) is 38.5 Å². The standard InChI is InChI=1S/C17H26N2O3/c1-14(20)16(12-19-10-6-7-11-19)18(2)17(21)22-13-15-8-4-3-5-9-15/h3-5,8-9,14,16,20H,6-7,10-13H2,1-2H3/t14-,16-/m1/s1. The Hall–Kier alpha value is -1.59. The van der Waals surface area contributed by atoms with Gasteiger partial charge < -0.3 is 19.6 Å². The van der Waals surface area contributed by atoms with E-state index in [-0.39, 0.29) is 12.6 Å². The summed E-state index contributed by atoms with van der Waals surface area (Å²) in [7, 11) is 1.70. The van der Waals surface area contributed by atoms with Crippen LogP contribution in [0.2, 0.25) is 0 Å². The van der Waals surface area contributed by atoms with Crippen molar-refractivity contribution in [1.82, 2.24) is 9.80 Å². The number of ether oxygens (including phenoxy) is 1. The minimum absolute atomic E-state index is 0.249. The van der Waals surface area contributed by atoms with E-state index in [0.29, 0.717) is 6.54 Å². The topological polar surface area (TPSA) is 53.0 Å². The third-order valence-electron chi connectivity index (χ3n) is 4.19. The van der Waals surface area contributed by atoms with Gasteiger partial charge >= 0.3 is 6.09 Å². The molecule has 0 saturated carbocycles. The van der Waals surface area contributed by atoms with Gasteiger partial charge in [-0.3, -0.25) is 0 Å². The first-order chi connectivity index (χ1) is 10.6. The van der Waals surface area contributed by atoms with E-state index in [9.17, 15) is 9.90 Å². The lowest BCUT2D eigenvalue weighted by Crippen LogP contribution is -2.50. The third-order valence-corrected chi connectivity index (χ3v) is 4.19. The molecule has 1 aromatic rings. The Balaban J connectivity index is 1.88. The maximum Gasteiger partial charge on any atom is 0.410 e. The van der Waals surface area contributed by atoms with Crippen LogP contribution in [-0.4, -0.2) is 59.8 Å². The van der Waals surface area contributed by atoms with Crippen LogP contribution in [0.3, 0.4) is 0 Å². The van der Waals surface area contributed by atoms with E-state index in [4.69, 9.17) is 4.74 Å². The van der Waals surface area contributed by atoms with Crippen molar-refractivity contribution in [1.29, 1.82) is 0 Å². The lowest BCUT2D eigenvalue weighted by atomic mass is 10.1. The van der Waals surface area contributed by atoms with Crippen molar-refractivity contribution in [3.63, 3.8) is 0 Å². The second-order valence-electron chi connectivity index (χ2n) is 5.97. The smallest absolute Gasteiger partial charge is 0.410 e. The molecule has 1 aromatic carbocycles. The summed E-state index contributed by atoms with van der Waals surface area (Å²) in [6.07, 6.45) is 1.40. The average molecular weight is 306 g/mol. The molecular weight excluding hydrogens is 280 g/mol. The quantitative estimate of drug-likeness (QED) is 0.874. The molecule has 0 unspecified atom stereocenters. The molecule has 0 radical (unpaired) electrons. The summed E-state index contributed by atoms with van der Waals surface area (Å²) in [5.74, 6) is 0. The van der Waals surface area contributed by atoms with E-state index >= 15 is 0 Å². The Labute approximate surface area is 132 Å². The number of likely N-dealkylation sites (tertiary alicyclic amines) is 1. The molecule has 5 nitrogen and oxygen atoms in total. The van der Waals surface area contributed by atoms with E-state index in [1.54, 1.807) is 14.0 Å². The van der Waals surface area contributed by atoms with Gasteiger partial charge in [-0.25, -0.2) is 4.79 Å². The minimum atomic E-state index is -0.588. The van der Waals surface area contributed by atoms with Crippen LogP contribution in [0.25, 0.3) is 0 Å². The molecule has 1 aliphatic rings. The van der Waals surface area contributed by atoms with Crippen LogP contribution in [0.15, 0.2) is 30.3 Å². The number of aliphatic hydroxyl groups excluding tert-OH is 1. The highest BCUT2D eigenvalue weighted by molar-refractivity contribution is 5.67. The number of carbonyl (C=O) groups is 1. The van der Waals surface area contributed by atoms with Crippen LogP contribution in [0, 0.1) is 0 Å². The SMILES string of the molecule is C[C@@H](O)[C@@H](CN1CCCC1)N(C)C(=O)OCc1ccccc1. The zero-order chi connectivity index (χ0) is 15.9. The van der Waals surface area contributed by atoms with Gasteiger partial charge in [-0.05, 0) is 38.4 Å². The van der Waals surface area contributed by atoms with E-state index in [1.807, 2.05) is 30.3 Å². The van der Waals surface area contributed by atoms with Crippen molar-refractivity contribution in [3.8, 4) is 0 Å². The van der Waals surface area contributed by atoms with Crippen molar-refractivity contribution in [2.24, 2.45) is 0 Å². The second kappa shape index (κ2) is 8.15. The number of hydrogen-bond donors (Lipinski definition) is 1. The largest absolute Gasteiger partial charge is 0.445 e. The molecule has 0 aliphatic carbocycles. The van der Waals surface area contributed by atoms with Crippen LogP contribution in [-0.2, 0) is 11.3 Å². The molecule has 5 heteroatoms. The molecule has 122 valence electrons. The summed E-state index contributed by atoms with van der Waals surface area (Å²) in [6, 6.07) is 9.35. The first-order valence-corrected chi connectivity index (χ1v) is 7.92. The molecule has 2 rings (SSSR count). The monoisotopic (exact) mass is 306 g/mol. The van der Waals surface area contributed by atoms with Gasteiger partial charge in [0.2, 0.25) is 0 Å². The lowest BCUT2D eigenvalue weighted by Gasteiger charge is -2.32. The summed E-state index contributed by atoms with van der Waals surface area (Å²) in [5.41, 5.74) is 0.956. The number of benzene rings is 1. The molecule has 0 aromatic heterocycles. The normalized spacial score (nSPS) is 18.0. The molecule has 0 spiro atoms. The number of nitrogens with zero attached hydrogens (tertiary/aromatic N) is 2. The molecule has 1 saturated heterocycles. The molecule has 0 bridgehead atoms. The average Bonchev–Trinajstić information content (AvgIpc) is 3.03. The Kier molecular flexibility index (Phi) is 6.21. The highest BCUT2D eigenvalue weighted by Gasteiger charge is 2.28. The second-order valence-corrected chi connectivity index (χ2v) is 5.97. The van der Waals surface area contributed by atoms with Crippen LogP contribution in [0.1, 0.15) is 25.3 Å². The van der Waals surface area contributed by atoms with Gasteiger partial charge in [-0.2, -0.15) is 0 Å². The first-order valence-electron chi connectivity index (χ1n) is 7.92. The molecular formula is C17H26N2O3. The van der Waals surface area contributed by atoms with E-state index in [1.165, 1.54) is 17.7 Å². The first kappa shape index (κ1) is 16.8. The highest BCUT2D eigenvalue weighted by atomic mass is 16.6. The zero-order valence-electron chi connectivity index (χ0n) is 13.4. The van der Waals surface area contributed by atoms with Gasteiger partial charge in [0.05, 0.1) is 12.1 Å². The van der Waals surface area contributed by atoms with Gasteiger partial charge in [0.25, 0.3) is 0 Å². The zero-order valence-corrected chi connectivity index (χ0v) is 13.4. The van der Waals surface area contributed by atoms with Crippen molar-refractivity contribution in [3.05, 3.63) is 35.9 Å². The summed E-state index contributed by atoms with van der Waals surface area (Å²) >= 11 is 0. The molecule has 1 fully saturated rings. The van der Waals surface area contributed by atoms with Gasteiger partial charge in [0.1, 0.15) is 6.61 Å². The van der Waals surface area contributed by atoms with Crippen LogP contribution < -0.4 is 0 Å². The molecule has 22 heavy (non-hydrogen) atoms. The maximum atomic E-state index is 12.2. The van der Waals surface area contributed by atoms with Crippen LogP contribution in [0.4, 0.5) is 4.79 Å². The Morgan fingerprint density at radius 1 is 1.32 bits per heavy atom. The van der Waals surface area contributed by atoms with Crippen molar-refractivity contribution < 1.29 is 14.6 Å². The number of aliphatic hydroxyl groups is 1. The number of rotatable bonds is 6. The summed E-state index contributed by atoms with van der Waals surface area (Å²) < 4.78 is 5.34. The maximum absolute atomic E-state index is 12.2. The van der Waals surface area contributed by atoms with E-state index in [0.717, 1.165) is 18.7 Å². The molecule has 1 aliphatic heterocycles. The fraction of sp³-hybridized carbons (Fsp3) is 0.588. The Morgan fingerprint density at radius 3 is 2.55 bits per heavy atom. The van der Waals surface area contributed by atoms with Crippen molar-refractivity contribution >= 4 is 6.09 Å². The molecule has 2 atom stereocenters. The predicted octanol–water partition coefficient (Wildman–Crippen LogP) is 2.10. The summed E-state index contributed by atoms with van der Waals surface area (Å²) in [6.45, 7) is 4.74. The molecule has 1 heterocycles. The van der Waals surface area contributed by atoms with E-state index < -0.39 is 12.2 Å². The lowest BCUT2D eigenvalue weighted by molar-refractivity contribution is 0.0366. The molecule has 1 N–H and O–H groups in total. The predicted molar refractivity (Wildman–Crippen MR) is 85.5 cm³/mol. The van der Waals surface area contributed by atoms with Crippen LogP contribution in [0.5, 0.6) is 0 Å². The minimum Gasteiger partial charge on any atom is -0.445 e. The van der Waals surface area contributed by atoms with Crippen molar-refractivity contribution in [2.75, 3.05) is 26.7 Å². The number of carbonyl (C=O) groups excluding carboxylic acids is 1. The number of hydrogen-bond acceptors (Lipinski definition) is 4. The van der Waals surface area contributed by atoms with Gasteiger partial charge in [-0.1, -0.05) is 30.3 Å². The van der Waals surface area contributed by atoms with E-state index in [2.05, 4.69) is 4.90 Å². The fourth-order valence-corrected chi connectivity index (χ4v) is 2.78. The Morgan fingerprint density at radius 2 is 1.95 bits per heavy atom. The van der Waals surface area contributed by atoms with Gasteiger partial charge in [0.15, 0.2) is 0 Å². The van der Waals surface area contributed by atoms with Crippen LogP contribution >= 0.6 is 0 Å². The summed E-state index contributed by atoms with van der Waals surface area (Å²) in [5, 5.41) is 10.0. The fourth-order valence-electron chi connectivity index (χ4n) is 2.78. The van der Waals surface area contributed by atoms with Gasteiger partial charge in [0, 0.05) is 13.6 Å². The summed E-state index contributed by atoms with van der Waals surface area (Å²) in [4.78, 5) is 16.0. The highest BCUT2D eigenvalue weighted by Crippen LogP contribution is 2.13. The van der Waals surface area contributed by atoms with Gasteiger partial charge in [-0.15, -0.1) is 0 Å². The molecule has 1 amide bonds. The number of likely N-dealkylation sites (N-methyl/N-ethyl adjacent to an activating group) is 1.